The van der Waals surface area contributed by atoms with Crippen molar-refractivity contribution in [1.82, 2.24) is 0 Å². The molecule has 0 fully saturated rings. The van der Waals surface area contributed by atoms with Crippen molar-refractivity contribution in [3.8, 4) is 0 Å². The number of rotatable bonds is 3. The van der Waals surface area contributed by atoms with E-state index in [4.69, 9.17) is 0 Å². The lowest BCUT2D eigenvalue weighted by Crippen LogP contribution is -3.00. The summed E-state index contributed by atoms with van der Waals surface area (Å²) in [7, 11) is 5.93. The van der Waals surface area contributed by atoms with Gasteiger partial charge in [-0.1, -0.05) is 11.8 Å². The van der Waals surface area contributed by atoms with Gasteiger partial charge in [-0.15, -0.1) is 0 Å². The van der Waals surface area contributed by atoms with Gasteiger partial charge in [0.2, 0.25) is 0 Å². The van der Waals surface area contributed by atoms with Gasteiger partial charge in [-0.25, -0.2) is 0 Å². The molecule has 0 aliphatic rings. The molecule has 12 heavy (non-hydrogen) atoms. The van der Waals surface area contributed by atoms with Gasteiger partial charge in [-0.05, 0) is 0 Å². The molecule has 0 heterocycles. The highest BCUT2D eigenvalue weighted by atomic mass is 79.9. The summed E-state index contributed by atoms with van der Waals surface area (Å²) in [4.78, 5) is 10.5. The minimum absolute atomic E-state index is 0. The Morgan fingerprint density at radius 1 is 1.50 bits per heavy atom. The number of nitrogens with zero attached hydrogens (tertiary/aromatic N) is 1. The van der Waals surface area contributed by atoms with Crippen LogP contribution in [0.15, 0.2) is 0 Å². The van der Waals surface area contributed by atoms with Gasteiger partial charge in [-0.2, -0.15) is 0 Å². The molecule has 1 unspecified atom stereocenters. The number of likely N-dealkylation sites (N-methyl/N-ethyl adjacent to an activating group) is 1. The van der Waals surface area contributed by atoms with Crippen LogP contribution in [0.1, 0.15) is 6.92 Å². The van der Waals surface area contributed by atoms with Gasteiger partial charge in [0.05, 0.1) is 21.1 Å². The van der Waals surface area contributed by atoms with Gasteiger partial charge in [-0.3, -0.25) is 4.79 Å². The van der Waals surface area contributed by atoms with E-state index in [1.165, 1.54) is 6.92 Å². The lowest BCUT2D eigenvalue weighted by molar-refractivity contribution is -0.871. The molecule has 5 heteroatoms. The Hall–Kier alpha value is 0.420. The number of hydrogen-bond acceptors (Lipinski definition) is 3. The van der Waals surface area contributed by atoms with Gasteiger partial charge in [0, 0.05) is 6.92 Å². The fourth-order valence-electron chi connectivity index (χ4n) is 0.697. The lowest BCUT2D eigenvalue weighted by Gasteiger charge is -2.25. The van der Waals surface area contributed by atoms with Crippen LogP contribution in [0, 0.1) is 0 Å². The van der Waals surface area contributed by atoms with Crippen LogP contribution in [-0.4, -0.2) is 47.8 Å². The van der Waals surface area contributed by atoms with E-state index in [0.717, 1.165) is 11.8 Å². The predicted molar refractivity (Wildman–Crippen MR) is 47.2 cm³/mol. The van der Waals surface area contributed by atoms with Crippen LogP contribution in [0.2, 0.25) is 0 Å². The zero-order chi connectivity index (χ0) is 9.07. The van der Waals surface area contributed by atoms with Crippen LogP contribution in [0.4, 0.5) is 0 Å². The van der Waals surface area contributed by atoms with Crippen molar-refractivity contribution in [2.24, 2.45) is 0 Å². The Kier molecular flexibility index (Phi) is 7.41. The first-order chi connectivity index (χ1) is 4.81. The van der Waals surface area contributed by atoms with Crippen LogP contribution in [0.5, 0.6) is 0 Å². The maximum Gasteiger partial charge on any atom is 0.188 e. The molecule has 0 radical (unpaired) electrons. The van der Waals surface area contributed by atoms with Crippen LogP contribution in [0.3, 0.4) is 0 Å². The van der Waals surface area contributed by atoms with E-state index in [-0.39, 0.29) is 22.1 Å². The average molecular weight is 258 g/mol. The maximum absolute atomic E-state index is 10.5. The molecule has 0 aromatic carbocycles. The van der Waals surface area contributed by atoms with E-state index in [2.05, 4.69) is 0 Å². The highest BCUT2D eigenvalue weighted by Gasteiger charge is 2.16. The van der Waals surface area contributed by atoms with Crippen LogP contribution in [0.25, 0.3) is 0 Å². The smallest absolute Gasteiger partial charge is 0.188 e. The molecule has 1 atom stereocenters. The van der Waals surface area contributed by atoms with Gasteiger partial charge in [0.1, 0.15) is 6.54 Å². The number of thioether (sulfide) groups is 1. The second kappa shape index (κ2) is 5.96. The van der Waals surface area contributed by atoms with Crippen molar-refractivity contribution in [3.05, 3.63) is 0 Å². The molecule has 0 bridgehead atoms. The van der Waals surface area contributed by atoms with E-state index < -0.39 is 5.44 Å². The first kappa shape index (κ1) is 14.9. The van der Waals surface area contributed by atoms with Crippen LogP contribution in [-0.2, 0) is 4.79 Å². The van der Waals surface area contributed by atoms with Crippen LogP contribution < -0.4 is 17.0 Å². The van der Waals surface area contributed by atoms with Crippen molar-refractivity contribution < 1.29 is 31.4 Å². The zero-order valence-electron chi connectivity index (χ0n) is 7.87. The van der Waals surface area contributed by atoms with Gasteiger partial charge < -0.3 is 26.6 Å². The van der Waals surface area contributed by atoms with Gasteiger partial charge >= 0.3 is 0 Å². The number of carbonyl (C=O) groups excluding carboxylic acids is 1. The van der Waals surface area contributed by atoms with Gasteiger partial charge in [0.15, 0.2) is 10.6 Å². The average Bonchev–Trinajstić information content (AvgIpc) is 1.53. The summed E-state index contributed by atoms with van der Waals surface area (Å²) in [6.45, 7) is 2.05. The SMILES string of the molecule is CC(=O)SC(O)C[N+](C)(C)C.[Br-]. The normalized spacial score (nSPS) is 13.4. The first-order valence-corrected chi connectivity index (χ1v) is 4.35. The number of carbonyl (C=O) groups is 1. The standard InChI is InChI=1S/C7H16NO2S.BrH/c1-6(9)11-7(10)5-8(2,3)4;/h7,10H,5H2,1-4H3;1H/q+1;/p-1. The summed E-state index contributed by atoms with van der Waals surface area (Å²) >= 11 is 0.982. The molecule has 0 rings (SSSR count). The molecular weight excluding hydrogens is 242 g/mol. The molecule has 0 aromatic heterocycles. The highest BCUT2D eigenvalue weighted by molar-refractivity contribution is 8.13. The second-order valence-electron chi connectivity index (χ2n) is 3.54. The number of aliphatic hydroxyl groups excluding tert-OH is 1. The van der Waals surface area contributed by atoms with Crippen LogP contribution >= 0.6 is 11.8 Å². The largest absolute Gasteiger partial charge is 1.00 e. The molecule has 74 valence electrons. The van der Waals surface area contributed by atoms with Crippen molar-refractivity contribution in [3.63, 3.8) is 0 Å². The summed E-state index contributed by atoms with van der Waals surface area (Å²) in [5, 5.41) is 9.25. The molecule has 3 nitrogen and oxygen atoms in total. The summed E-state index contributed by atoms with van der Waals surface area (Å²) in [5.74, 6) is 0. The number of hydrogen-bond donors (Lipinski definition) is 1. The van der Waals surface area contributed by atoms with E-state index in [9.17, 15) is 9.90 Å². The molecule has 0 saturated carbocycles. The molecule has 1 N–H and O–H groups in total. The van der Waals surface area contributed by atoms with Crippen molar-refractivity contribution in [2.75, 3.05) is 27.7 Å². The third-order valence-electron chi connectivity index (χ3n) is 1.01. The fourth-order valence-corrected chi connectivity index (χ4v) is 1.60. The molecule has 0 saturated heterocycles. The third kappa shape index (κ3) is 10.4. The summed E-state index contributed by atoms with van der Waals surface area (Å²) in [6, 6.07) is 0. The Morgan fingerprint density at radius 3 is 2.17 bits per heavy atom. The van der Waals surface area contributed by atoms with Crippen molar-refractivity contribution in [2.45, 2.75) is 12.4 Å². The lowest BCUT2D eigenvalue weighted by atomic mass is 10.5. The Labute approximate surface area is 88.5 Å². The molecule has 0 aliphatic heterocycles. The minimum atomic E-state index is -0.576. The fraction of sp³-hybridized carbons (Fsp3) is 0.857. The predicted octanol–water partition coefficient (Wildman–Crippen LogP) is -2.71. The van der Waals surface area contributed by atoms with Crippen molar-refractivity contribution >= 4 is 16.9 Å². The monoisotopic (exact) mass is 257 g/mol. The molecular formula is C7H16BrNO2S. The highest BCUT2D eigenvalue weighted by Crippen LogP contribution is 2.11. The molecule has 0 aromatic rings. The summed E-state index contributed by atoms with van der Waals surface area (Å²) in [6.07, 6.45) is 0. The van der Waals surface area contributed by atoms with Crippen molar-refractivity contribution in [1.29, 1.82) is 0 Å². The number of halogens is 1. The molecule has 0 aliphatic carbocycles. The summed E-state index contributed by atoms with van der Waals surface area (Å²) < 4.78 is 0.668. The van der Waals surface area contributed by atoms with E-state index in [1.807, 2.05) is 21.1 Å². The number of aliphatic hydroxyl groups is 1. The maximum atomic E-state index is 10.5. The molecule has 0 spiro atoms. The minimum Gasteiger partial charge on any atom is -1.00 e. The van der Waals surface area contributed by atoms with E-state index in [1.54, 1.807) is 0 Å². The Morgan fingerprint density at radius 2 is 1.92 bits per heavy atom. The second-order valence-corrected chi connectivity index (χ2v) is 4.89. The van der Waals surface area contributed by atoms with E-state index in [0.29, 0.717) is 11.0 Å². The Balaban J connectivity index is 0. The number of quaternary nitrogens is 1. The topological polar surface area (TPSA) is 37.3 Å². The third-order valence-corrected chi connectivity index (χ3v) is 1.76. The van der Waals surface area contributed by atoms with E-state index >= 15 is 0 Å². The Bertz CT molecular complexity index is 147. The quantitative estimate of drug-likeness (QED) is 0.442. The van der Waals surface area contributed by atoms with Gasteiger partial charge in [0.25, 0.3) is 0 Å². The summed E-state index contributed by atoms with van der Waals surface area (Å²) in [5.41, 5.74) is -0.576. The first-order valence-electron chi connectivity index (χ1n) is 3.47. The zero-order valence-corrected chi connectivity index (χ0v) is 10.3. The molecule has 0 amide bonds.